The highest BCUT2D eigenvalue weighted by atomic mass is 32.2. The topological polar surface area (TPSA) is 59.1 Å². The van der Waals surface area contributed by atoms with E-state index in [2.05, 4.69) is 4.90 Å². The second-order valence-corrected chi connectivity index (χ2v) is 7.14. The van der Waals surface area contributed by atoms with Gasteiger partial charge in [0.2, 0.25) is 0 Å². The molecule has 3 rings (SSSR count). The minimum Gasteiger partial charge on any atom is -0.490 e. The Hall–Kier alpha value is -1.99. The van der Waals surface area contributed by atoms with E-state index in [0.29, 0.717) is 36.3 Å². The molecule has 1 aromatic carbocycles. The van der Waals surface area contributed by atoms with Crippen LogP contribution in [0.25, 0.3) is 6.08 Å². The number of hydrogen-bond acceptors (Lipinski definition) is 6. The molecule has 7 heteroatoms. The van der Waals surface area contributed by atoms with Gasteiger partial charge in [0.1, 0.15) is 0 Å². The number of likely N-dealkylation sites (tertiary alicyclic amines) is 1. The number of benzene rings is 1. The number of hydrogen-bond donors (Lipinski definition) is 0. The molecule has 0 bridgehead atoms. The van der Waals surface area contributed by atoms with Crippen LogP contribution in [0.4, 0.5) is 4.79 Å². The summed E-state index contributed by atoms with van der Waals surface area (Å²) in [5, 5.41) is -0.205. The fourth-order valence-corrected chi connectivity index (χ4v) is 3.89. The molecular weight excluding hydrogens is 352 g/mol. The van der Waals surface area contributed by atoms with E-state index in [1.165, 1.54) is 4.90 Å². The summed E-state index contributed by atoms with van der Waals surface area (Å²) in [5.41, 5.74) is 0.809. The highest BCUT2D eigenvalue weighted by Crippen LogP contribution is 2.35. The zero-order chi connectivity index (χ0) is 18.5. The Bertz CT molecular complexity index is 713. The second-order valence-electron chi connectivity index (χ2n) is 6.15. The quantitative estimate of drug-likeness (QED) is 0.678. The van der Waals surface area contributed by atoms with Gasteiger partial charge in [0.05, 0.1) is 24.8 Å². The van der Waals surface area contributed by atoms with Crippen molar-refractivity contribution in [1.29, 1.82) is 0 Å². The first kappa shape index (κ1) is 18.8. The Morgan fingerprint density at radius 2 is 1.77 bits per heavy atom. The zero-order valence-electron chi connectivity index (χ0n) is 15.2. The van der Waals surface area contributed by atoms with Crippen molar-refractivity contribution in [2.45, 2.75) is 26.7 Å². The Morgan fingerprint density at radius 1 is 1.08 bits per heavy atom. The maximum absolute atomic E-state index is 12.6. The zero-order valence-corrected chi connectivity index (χ0v) is 16.0. The molecule has 0 N–H and O–H groups in total. The SMILES string of the molecule is CCOc1ccc(/C=C2\SC(=O)N(CN3CCCC3)C2=O)cc1OCC. The van der Waals surface area contributed by atoms with Crippen molar-refractivity contribution in [1.82, 2.24) is 9.80 Å². The first-order valence-electron chi connectivity index (χ1n) is 8.99. The number of amides is 2. The van der Waals surface area contributed by atoms with Crippen molar-refractivity contribution in [3.63, 3.8) is 0 Å². The molecule has 2 saturated heterocycles. The van der Waals surface area contributed by atoms with Gasteiger partial charge in [0.25, 0.3) is 11.1 Å². The van der Waals surface area contributed by atoms with E-state index in [0.717, 1.165) is 43.3 Å². The number of thioether (sulfide) groups is 1. The van der Waals surface area contributed by atoms with Crippen molar-refractivity contribution in [3.8, 4) is 11.5 Å². The van der Waals surface area contributed by atoms with E-state index >= 15 is 0 Å². The van der Waals surface area contributed by atoms with Gasteiger partial charge in [0, 0.05) is 0 Å². The highest BCUT2D eigenvalue weighted by Gasteiger charge is 2.36. The number of rotatable bonds is 7. The first-order valence-corrected chi connectivity index (χ1v) is 9.81. The minimum absolute atomic E-state index is 0.205. The molecule has 140 valence electrons. The predicted octanol–water partition coefficient (Wildman–Crippen LogP) is 3.57. The van der Waals surface area contributed by atoms with Gasteiger partial charge in [-0.1, -0.05) is 6.07 Å². The number of imide groups is 1. The van der Waals surface area contributed by atoms with Crippen LogP contribution >= 0.6 is 11.8 Å². The molecule has 1 aromatic rings. The van der Waals surface area contributed by atoms with E-state index in [1.54, 1.807) is 6.08 Å². The average Bonchev–Trinajstić information content (AvgIpc) is 3.22. The molecule has 0 unspecified atom stereocenters. The Balaban J connectivity index is 1.77. The van der Waals surface area contributed by atoms with Crippen LogP contribution in [-0.2, 0) is 4.79 Å². The molecule has 2 aliphatic rings. The van der Waals surface area contributed by atoms with Gasteiger partial charge < -0.3 is 9.47 Å². The van der Waals surface area contributed by atoms with Gasteiger partial charge in [-0.05, 0) is 75.3 Å². The molecular formula is C19H24N2O4S. The van der Waals surface area contributed by atoms with Crippen molar-refractivity contribution in [2.24, 2.45) is 0 Å². The van der Waals surface area contributed by atoms with Crippen LogP contribution < -0.4 is 9.47 Å². The summed E-state index contributed by atoms with van der Waals surface area (Å²) in [6.45, 7) is 7.17. The van der Waals surface area contributed by atoms with Crippen molar-refractivity contribution in [2.75, 3.05) is 33.0 Å². The Morgan fingerprint density at radius 3 is 2.46 bits per heavy atom. The van der Waals surface area contributed by atoms with E-state index in [1.807, 2.05) is 32.0 Å². The van der Waals surface area contributed by atoms with Gasteiger partial charge in [-0.15, -0.1) is 0 Å². The van der Waals surface area contributed by atoms with Crippen LogP contribution in [0.3, 0.4) is 0 Å². The number of ether oxygens (including phenoxy) is 2. The van der Waals surface area contributed by atoms with Crippen LogP contribution in [-0.4, -0.2) is 53.9 Å². The van der Waals surface area contributed by atoms with E-state index in [9.17, 15) is 9.59 Å². The fraction of sp³-hybridized carbons (Fsp3) is 0.474. The van der Waals surface area contributed by atoms with Gasteiger partial charge >= 0.3 is 0 Å². The summed E-state index contributed by atoms with van der Waals surface area (Å²) in [4.78, 5) is 28.8. The molecule has 0 saturated carbocycles. The molecule has 2 amide bonds. The van der Waals surface area contributed by atoms with E-state index in [-0.39, 0.29) is 11.1 Å². The second kappa shape index (κ2) is 8.60. The third kappa shape index (κ3) is 4.22. The molecule has 0 atom stereocenters. The summed E-state index contributed by atoms with van der Waals surface area (Å²) in [6.07, 6.45) is 3.99. The van der Waals surface area contributed by atoms with E-state index in [4.69, 9.17) is 9.47 Å². The number of nitrogens with zero attached hydrogens (tertiary/aromatic N) is 2. The van der Waals surface area contributed by atoms with Crippen molar-refractivity contribution >= 4 is 29.0 Å². The molecule has 2 aliphatic heterocycles. The molecule has 0 spiro atoms. The predicted molar refractivity (Wildman–Crippen MR) is 102 cm³/mol. The maximum atomic E-state index is 12.6. The highest BCUT2D eigenvalue weighted by molar-refractivity contribution is 8.18. The van der Waals surface area contributed by atoms with Crippen LogP contribution in [0.5, 0.6) is 11.5 Å². The molecule has 26 heavy (non-hydrogen) atoms. The van der Waals surface area contributed by atoms with Crippen LogP contribution in [0.2, 0.25) is 0 Å². The van der Waals surface area contributed by atoms with Crippen LogP contribution in [0.1, 0.15) is 32.3 Å². The van der Waals surface area contributed by atoms with Crippen molar-refractivity contribution in [3.05, 3.63) is 28.7 Å². The normalized spacial score (nSPS) is 19.6. The number of carbonyl (C=O) groups is 2. The maximum Gasteiger partial charge on any atom is 0.294 e. The molecule has 2 heterocycles. The first-order chi connectivity index (χ1) is 12.6. The van der Waals surface area contributed by atoms with Crippen LogP contribution in [0, 0.1) is 0 Å². The third-order valence-corrected chi connectivity index (χ3v) is 5.19. The summed E-state index contributed by atoms with van der Waals surface area (Å²) in [7, 11) is 0. The lowest BCUT2D eigenvalue weighted by atomic mass is 10.2. The lowest BCUT2D eigenvalue weighted by Gasteiger charge is -2.20. The van der Waals surface area contributed by atoms with Gasteiger partial charge in [0.15, 0.2) is 11.5 Å². The summed E-state index contributed by atoms with van der Waals surface area (Å²) in [5.74, 6) is 1.09. The van der Waals surface area contributed by atoms with Gasteiger partial charge in [-0.2, -0.15) is 0 Å². The molecule has 0 aliphatic carbocycles. The smallest absolute Gasteiger partial charge is 0.294 e. The summed E-state index contributed by atoms with van der Waals surface area (Å²) < 4.78 is 11.2. The minimum atomic E-state index is -0.223. The molecule has 0 aromatic heterocycles. The van der Waals surface area contributed by atoms with Crippen molar-refractivity contribution < 1.29 is 19.1 Å². The summed E-state index contributed by atoms with van der Waals surface area (Å²) >= 11 is 0.993. The number of carbonyl (C=O) groups excluding carboxylic acids is 2. The fourth-order valence-electron chi connectivity index (χ4n) is 3.05. The van der Waals surface area contributed by atoms with Crippen LogP contribution in [0.15, 0.2) is 23.1 Å². The monoisotopic (exact) mass is 376 g/mol. The Kier molecular flexibility index (Phi) is 6.21. The third-order valence-electron chi connectivity index (χ3n) is 4.28. The standard InChI is InChI=1S/C19H24N2O4S/c1-3-24-15-8-7-14(11-16(15)25-4-2)12-17-18(22)21(19(23)26-17)13-20-9-5-6-10-20/h7-8,11-12H,3-6,9-10,13H2,1-2H3/b17-12-. The van der Waals surface area contributed by atoms with Gasteiger partial charge in [-0.25, -0.2) is 0 Å². The largest absolute Gasteiger partial charge is 0.490 e. The molecule has 0 radical (unpaired) electrons. The van der Waals surface area contributed by atoms with Gasteiger partial charge in [-0.3, -0.25) is 19.4 Å². The average molecular weight is 376 g/mol. The summed E-state index contributed by atoms with van der Waals surface area (Å²) in [6, 6.07) is 5.53. The van der Waals surface area contributed by atoms with E-state index < -0.39 is 0 Å². The lowest BCUT2D eigenvalue weighted by Crippen LogP contribution is -2.38. The lowest BCUT2D eigenvalue weighted by molar-refractivity contribution is -0.124. The Labute approximate surface area is 158 Å². The molecule has 2 fully saturated rings. The molecule has 6 nitrogen and oxygen atoms in total.